The van der Waals surface area contributed by atoms with E-state index in [2.05, 4.69) is 52.1 Å². The summed E-state index contributed by atoms with van der Waals surface area (Å²) in [5.41, 5.74) is 5.06. The first kappa shape index (κ1) is 13.0. The quantitative estimate of drug-likeness (QED) is 0.818. The highest BCUT2D eigenvalue weighted by atomic mass is 16.3. The third kappa shape index (κ3) is 2.99. The van der Waals surface area contributed by atoms with Gasteiger partial charge in [-0.2, -0.15) is 0 Å². The van der Waals surface area contributed by atoms with Crippen molar-refractivity contribution in [2.75, 3.05) is 11.9 Å². The minimum atomic E-state index is -0.0682. The van der Waals surface area contributed by atoms with Gasteiger partial charge < -0.3 is 10.4 Å². The molecule has 0 aliphatic carbocycles. The Kier molecular flexibility index (Phi) is 3.98. The maximum atomic E-state index is 9.01. The molecule has 0 radical (unpaired) electrons. The fourth-order valence-electron chi connectivity index (χ4n) is 1.80. The van der Waals surface area contributed by atoms with Crippen LogP contribution in [0.2, 0.25) is 0 Å². The van der Waals surface area contributed by atoms with Gasteiger partial charge in [0.05, 0.1) is 0 Å². The molecule has 0 amide bonds. The second-order valence-electron chi connectivity index (χ2n) is 5.16. The predicted octanol–water partition coefficient (Wildman–Crippen LogP) is 3.18. The largest absolute Gasteiger partial charge is 0.396 e. The molecule has 0 bridgehead atoms. The zero-order chi connectivity index (χ0) is 12.3. The maximum absolute atomic E-state index is 9.01. The molecule has 0 aliphatic rings. The third-order valence-corrected chi connectivity index (χ3v) is 3.27. The number of nitrogens with one attached hydrogen (secondary N) is 1. The predicted molar refractivity (Wildman–Crippen MR) is 70.1 cm³/mol. The number of hydrogen-bond donors (Lipinski definition) is 2. The van der Waals surface area contributed by atoms with Crippen molar-refractivity contribution < 1.29 is 5.11 Å². The zero-order valence-corrected chi connectivity index (χ0v) is 11.0. The molecule has 0 saturated carbocycles. The molecule has 2 N–H and O–H groups in total. The lowest BCUT2D eigenvalue weighted by molar-refractivity contribution is 0.261. The lowest BCUT2D eigenvalue weighted by Crippen LogP contribution is -2.32. The van der Waals surface area contributed by atoms with Gasteiger partial charge >= 0.3 is 0 Å². The van der Waals surface area contributed by atoms with Gasteiger partial charge in [0.1, 0.15) is 0 Å². The molecule has 0 atom stereocenters. The van der Waals surface area contributed by atoms with Crippen LogP contribution in [0.3, 0.4) is 0 Å². The first-order valence-corrected chi connectivity index (χ1v) is 5.83. The second-order valence-corrected chi connectivity index (χ2v) is 5.16. The summed E-state index contributed by atoms with van der Waals surface area (Å²) in [5.74, 6) is 0. The van der Waals surface area contributed by atoms with Crippen molar-refractivity contribution in [1.29, 1.82) is 0 Å². The van der Waals surface area contributed by atoms with Crippen LogP contribution in [0.25, 0.3) is 0 Å². The minimum absolute atomic E-state index is 0.0682. The number of aliphatic hydroxyl groups is 1. The normalized spacial score (nSPS) is 11.6. The van der Waals surface area contributed by atoms with Gasteiger partial charge in [-0.25, -0.2) is 0 Å². The molecule has 1 aromatic rings. The molecule has 90 valence electrons. The zero-order valence-electron chi connectivity index (χ0n) is 11.0. The maximum Gasteiger partial charge on any atom is 0.0453 e. The Morgan fingerprint density at radius 3 is 2.31 bits per heavy atom. The van der Waals surface area contributed by atoms with Crippen LogP contribution in [0.1, 0.15) is 37.0 Å². The van der Waals surface area contributed by atoms with E-state index in [9.17, 15) is 0 Å². The van der Waals surface area contributed by atoms with Gasteiger partial charge in [0.15, 0.2) is 0 Å². The fourth-order valence-corrected chi connectivity index (χ4v) is 1.80. The molecule has 1 rings (SSSR count). The van der Waals surface area contributed by atoms with E-state index in [-0.39, 0.29) is 12.1 Å². The smallest absolute Gasteiger partial charge is 0.0453 e. The highest BCUT2D eigenvalue weighted by molar-refractivity contribution is 5.57. The van der Waals surface area contributed by atoms with E-state index in [0.29, 0.717) is 0 Å². The average molecular weight is 221 g/mol. The molecule has 2 nitrogen and oxygen atoms in total. The molecule has 0 saturated heterocycles. The van der Waals surface area contributed by atoms with Gasteiger partial charge in [0, 0.05) is 17.8 Å². The Morgan fingerprint density at radius 1 is 1.12 bits per heavy atom. The number of anilines is 1. The summed E-state index contributed by atoms with van der Waals surface area (Å²) in [6.07, 6.45) is 0.749. The standard InChI is InChI=1S/C14H23NO/c1-10-6-7-13(12(3)11(10)2)15-14(4,5)8-9-16/h6-7,15-16H,8-9H2,1-5H3. The lowest BCUT2D eigenvalue weighted by atomic mass is 9.97. The van der Waals surface area contributed by atoms with Gasteiger partial charge in [-0.3, -0.25) is 0 Å². The van der Waals surface area contributed by atoms with E-state index in [4.69, 9.17) is 5.11 Å². The van der Waals surface area contributed by atoms with Crippen LogP contribution < -0.4 is 5.32 Å². The van der Waals surface area contributed by atoms with Gasteiger partial charge in [-0.05, 0) is 63.8 Å². The van der Waals surface area contributed by atoms with Crippen LogP contribution in [0, 0.1) is 20.8 Å². The van der Waals surface area contributed by atoms with Crippen molar-refractivity contribution in [2.45, 2.75) is 46.6 Å². The molecule has 2 heteroatoms. The van der Waals surface area contributed by atoms with E-state index < -0.39 is 0 Å². The minimum Gasteiger partial charge on any atom is -0.396 e. The van der Waals surface area contributed by atoms with E-state index in [1.54, 1.807) is 0 Å². The summed E-state index contributed by atoms with van der Waals surface area (Å²) in [5, 5.41) is 12.5. The summed E-state index contributed by atoms with van der Waals surface area (Å²) < 4.78 is 0. The molecule has 0 unspecified atom stereocenters. The van der Waals surface area contributed by atoms with Gasteiger partial charge in [-0.1, -0.05) is 6.07 Å². The molecular weight excluding hydrogens is 198 g/mol. The Labute approximate surface area is 98.7 Å². The van der Waals surface area contributed by atoms with E-state index >= 15 is 0 Å². The fraction of sp³-hybridized carbons (Fsp3) is 0.571. The molecule has 0 aromatic heterocycles. The summed E-state index contributed by atoms with van der Waals surface area (Å²) in [4.78, 5) is 0. The lowest BCUT2D eigenvalue weighted by Gasteiger charge is -2.28. The van der Waals surface area contributed by atoms with Crippen LogP contribution in [-0.4, -0.2) is 17.3 Å². The highest BCUT2D eigenvalue weighted by Crippen LogP contribution is 2.25. The first-order valence-electron chi connectivity index (χ1n) is 5.83. The molecule has 16 heavy (non-hydrogen) atoms. The molecule has 0 spiro atoms. The van der Waals surface area contributed by atoms with Crippen LogP contribution in [0.4, 0.5) is 5.69 Å². The molecular formula is C14H23NO. The molecule has 1 aromatic carbocycles. The average Bonchev–Trinajstić information content (AvgIpc) is 2.19. The number of rotatable bonds is 4. The third-order valence-electron chi connectivity index (χ3n) is 3.27. The van der Waals surface area contributed by atoms with E-state index in [1.807, 2.05) is 0 Å². The number of benzene rings is 1. The van der Waals surface area contributed by atoms with Crippen molar-refractivity contribution in [2.24, 2.45) is 0 Å². The SMILES string of the molecule is Cc1ccc(NC(C)(C)CCO)c(C)c1C. The Morgan fingerprint density at radius 2 is 1.75 bits per heavy atom. The molecule has 0 aliphatic heterocycles. The number of hydrogen-bond acceptors (Lipinski definition) is 2. The Hall–Kier alpha value is -1.02. The topological polar surface area (TPSA) is 32.3 Å². The van der Waals surface area contributed by atoms with Crippen molar-refractivity contribution in [1.82, 2.24) is 0 Å². The van der Waals surface area contributed by atoms with Gasteiger partial charge in [0.25, 0.3) is 0 Å². The Balaban J connectivity index is 2.94. The van der Waals surface area contributed by atoms with Crippen molar-refractivity contribution in [3.8, 4) is 0 Å². The summed E-state index contributed by atoms with van der Waals surface area (Å²) in [6, 6.07) is 4.26. The first-order chi connectivity index (χ1) is 7.37. The summed E-state index contributed by atoms with van der Waals surface area (Å²) in [6.45, 7) is 10.8. The van der Waals surface area contributed by atoms with Crippen LogP contribution in [0.15, 0.2) is 12.1 Å². The summed E-state index contributed by atoms with van der Waals surface area (Å²) >= 11 is 0. The van der Waals surface area contributed by atoms with Crippen molar-refractivity contribution in [3.05, 3.63) is 28.8 Å². The second kappa shape index (κ2) is 4.88. The number of aliphatic hydroxyl groups excluding tert-OH is 1. The number of aryl methyl sites for hydroxylation is 1. The van der Waals surface area contributed by atoms with Gasteiger partial charge in [-0.15, -0.1) is 0 Å². The van der Waals surface area contributed by atoms with Crippen LogP contribution in [0.5, 0.6) is 0 Å². The molecule has 0 heterocycles. The van der Waals surface area contributed by atoms with E-state index in [0.717, 1.165) is 6.42 Å². The Bertz CT molecular complexity index is 369. The van der Waals surface area contributed by atoms with Crippen LogP contribution in [-0.2, 0) is 0 Å². The summed E-state index contributed by atoms with van der Waals surface area (Å²) in [7, 11) is 0. The van der Waals surface area contributed by atoms with Crippen LogP contribution >= 0.6 is 0 Å². The van der Waals surface area contributed by atoms with Crippen molar-refractivity contribution >= 4 is 5.69 Å². The molecule has 0 fully saturated rings. The highest BCUT2D eigenvalue weighted by Gasteiger charge is 2.17. The van der Waals surface area contributed by atoms with Crippen molar-refractivity contribution in [3.63, 3.8) is 0 Å². The monoisotopic (exact) mass is 221 g/mol. The van der Waals surface area contributed by atoms with E-state index in [1.165, 1.54) is 22.4 Å². The van der Waals surface area contributed by atoms with Gasteiger partial charge in [0.2, 0.25) is 0 Å².